The van der Waals surface area contributed by atoms with Crippen LogP contribution in [0.4, 0.5) is 51.7 Å². The van der Waals surface area contributed by atoms with Gasteiger partial charge in [0.2, 0.25) is 0 Å². The Morgan fingerprint density at radius 2 is 0.727 bits per heavy atom. The van der Waals surface area contributed by atoms with E-state index in [1.54, 1.807) is 21.9 Å². The molecule has 10 aromatic carbocycles. The molecule has 0 aliphatic carbocycles. The van der Waals surface area contributed by atoms with Crippen LogP contribution < -0.4 is 20.2 Å². The maximum Gasteiger partial charge on any atom is 0.148 e. The zero-order valence-corrected chi connectivity index (χ0v) is 39.0. The first kappa shape index (κ1) is 32.6. The monoisotopic (exact) mass is 914 g/mol. The molecule has 0 heterocycles. The van der Waals surface area contributed by atoms with Crippen LogP contribution in [0, 0.1) is 23.3 Å². The van der Waals surface area contributed by atoms with E-state index in [1.807, 2.05) is 84.9 Å². The van der Waals surface area contributed by atoms with Crippen molar-refractivity contribution in [1.82, 2.24) is 0 Å². The Kier molecular flexibility index (Phi) is 8.13. The van der Waals surface area contributed by atoms with E-state index in [9.17, 15) is 0 Å². The zero-order valence-electron chi connectivity index (χ0n) is 47.0. The number of benzene rings is 10. The van der Waals surface area contributed by atoms with Gasteiger partial charge in [-0.1, -0.05) is 171 Å². The summed E-state index contributed by atoms with van der Waals surface area (Å²) in [4.78, 5) is 3.18. The molecule has 8 heteroatoms. The molecule has 0 aliphatic rings. The Balaban J connectivity index is 1.21. The topological polar surface area (TPSA) is 6.48 Å². The van der Waals surface area contributed by atoms with E-state index in [0.717, 1.165) is 45.4 Å². The Bertz CT molecular complexity index is 3720. The molecule has 0 aromatic heterocycles. The summed E-state index contributed by atoms with van der Waals surface area (Å²) < 4.78 is 151. The third-order valence-corrected chi connectivity index (χ3v) is 16.3. The van der Waals surface area contributed by atoms with E-state index in [-0.39, 0.29) is 11.4 Å². The number of hydrogen-bond acceptors (Lipinski definition) is 2. The molecule has 0 amide bonds. The molecule has 0 unspecified atom stereocenters. The minimum atomic E-state index is -1.85. The molecule has 10 rings (SSSR count). The third kappa shape index (κ3) is 7.63. The van der Waals surface area contributed by atoms with Gasteiger partial charge in [-0.3, -0.25) is 0 Å². The summed E-state index contributed by atoms with van der Waals surface area (Å²) in [6.07, 6.45) is 0. The predicted molar refractivity (Wildman–Crippen MR) is 276 cm³/mol. The van der Waals surface area contributed by atoms with Gasteiger partial charge in [-0.15, -0.1) is 0 Å². The van der Waals surface area contributed by atoms with Crippen molar-refractivity contribution >= 4 is 93.0 Å². The van der Waals surface area contributed by atoms with Gasteiger partial charge in [0.05, 0.1) is 52.6 Å². The van der Waals surface area contributed by atoms with Crippen molar-refractivity contribution < 1.29 is 31.3 Å². The minimum Gasteiger partial charge on any atom is -0.307 e. The number of hydrogen-bond donors (Lipinski definition) is 0. The fourth-order valence-electron chi connectivity index (χ4n) is 8.76. The molecule has 0 aliphatic heterocycles. The smallest absolute Gasteiger partial charge is 0.148 e. The molecule has 0 saturated carbocycles. The zero-order chi connectivity index (χ0) is 54.8. The Labute approximate surface area is 399 Å². The van der Waals surface area contributed by atoms with Gasteiger partial charge in [-0.05, 0) is 81.2 Å². The molecular formula is C58H48F4N2Si2. The molecular weight excluding hydrogens is 857 g/mol. The first-order chi connectivity index (χ1) is 35.8. The summed E-state index contributed by atoms with van der Waals surface area (Å²) in [7, 11) is -3.70. The Morgan fingerprint density at radius 3 is 1.08 bits per heavy atom. The number of anilines is 6. The van der Waals surface area contributed by atoms with Gasteiger partial charge < -0.3 is 9.80 Å². The maximum atomic E-state index is 17.2. The first-order valence-corrected chi connectivity index (χ1v) is 28.4. The van der Waals surface area contributed by atoms with Crippen LogP contribution in [0.3, 0.4) is 0 Å². The highest BCUT2D eigenvalue weighted by atomic mass is 28.3. The standard InChI is InChI=1S/C58H48F4N2Si2/c1-65(2,3)43-25-21-41(22-26-43)63(55-35-49(59)47(33-51(55)61)37-13-9-7-10-14-37)53-31-19-39-18-30-46-54(32-20-40-17-29-45(53)57(39)58(40)46)64(42-23-27-44(28-24-42)66(4,5)6)56-36-50(60)48(34-52(56)62)38-15-11-8-12-16-38/h7-36H,1-6H3/i7D,8D,9D,10D,11D,12D,13D,14D,15D,16D. The van der Waals surface area contributed by atoms with E-state index in [1.165, 1.54) is 0 Å². The molecule has 0 radical (unpaired) electrons. The van der Waals surface area contributed by atoms with Gasteiger partial charge in [-0.2, -0.15) is 0 Å². The van der Waals surface area contributed by atoms with Crippen LogP contribution in [-0.2, 0) is 0 Å². The maximum absolute atomic E-state index is 17.2. The molecule has 0 atom stereocenters. The van der Waals surface area contributed by atoms with Gasteiger partial charge in [0.15, 0.2) is 0 Å². The highest BCUT2D eigenvalue weighted by Gasteiger charge is 2.27. The fraction of sp³-hybridized carbons (Fsp3) is 0.103. The summed E-state index contributed by atoms with van der Waals surface area (Å²) in [6.45, 7) is 13.1. The molecule has 0 fully saturated rings. The van der Waals surface area contributed by atoms with Gasteiger partial charge in [0.1, 0.15) is 23.3 Å². The van der Waals surface area contributed by atoms with Gasteiger partial charge in [0.25, 0.3) is 0 Å². The second-order valence-corrected chi connectivity index (χ2v) is 28.6. The van der Waals surface area contributed by atoms with E-state index in [0.29, 0.717) is 44.3 Å². The summed E-state index contributed by atoms with van der Waals surface area (Å²) in [6, 6.07) is 27.0. The van der Waals surface area contributed by atoms with Crippen LogP contribution in [0.15, 0.2) is 182 Å². The largest absolute Gasteiger partial charge is 0.307 e. The lowest BCUT2D eigenvalue weighted by molar-refractivity contribution is 0.604. The minimum absolute atomic E-state index is 0.220. The highest BCUT2D eigenvalue weighted by molar-refractivity contribution is 6.89. The van der Waals surface area contributed by atoms with E-state index in [2.05, 4.69) is 39.3 Å². The molecule has 10 aromatic rings. The van der Waals surface area contributed by atoms with Crippen molar-refractivity contribution in [3.63, 3.8) is 0 Å². The van der Waals surface area contributed by atoms with Crippen molar-refractivity contribution in [2.75, 3.05) is 9.80 Å². The lowest BCUT2D eigenvalue weighted by Crippen LogP contribution is -2.37. The molecule has 66 heavy (non-hydrogen) atoms. The molecule has 0 N–H and O–H groups in total. The van der Waals surface area contributed by atoms with Crippen molar-refractivity contribution in [3.8, 4) is 22.3 Å². The Hall–Kier alpha value is -7.01. The lowest BCUT2D eigenvalue weighted by atomic mass is 9.91. The number of nitrogens with zero attached hydrogens (tertiary/aromatic N) is 2. The van der Waals surface area contributed by atoms with Crippen LogP contribution in [-0.4, -0.2) is 16.1 Å². The molecule has 0 spiro atoms. The van der Waals surface area contributed by atoms with Gasteiger partial charge in [-0.25, -0.2) is 17.6 Å². The van der Waals surface area contributed by atoms with Crippen molar-refractivity contribution in [2.24, 2.45) is 0 Å². The third-order valence-electron chi connectivity index (χ3n) is 12.2. The molecule has 0 bridgehead atoms. The van der Waals surface area contributed by atoms with Crippen LogP contribution in [0.25, 0.3) is 54.6 Å². The lowest BCUT2D eigenvalue weighted by Gasteiger charge is -2.30. The quantitative estimate of drug-likeness (QED) is 0.0766. The van der Waals surface area contributed by atoms with Crippen molar-refractivity contribution in [3.05, 3.63) is 205 Å². The van der Waals surface area contributed by atoms with Crippen molar-refractivity contribution in [2.45, 2.75) is 39.3 Å². The van der Waals surface area contributed by atoms with E-state index >= 15 is 17.6 Å². The first-order valence-electron chi connectivity index (χ1n) is 26.4. The predicted octanol–water partition coefficient (Wildman–Crippen LogP) is 16.5. The summed E-state index contributed by atoms with van der Waals surface area (Å²) in [5.41, 5.74) is -0.573. The van der Waals surface area contributed by atoms with E-state index < -0.39 is 122 Å². The van der Waals surface area contributed by atoms with Crippen LogP contribution in [0.5, 0.6) is 0 Å². The van der Waals surface area contributed by atoms with Crippen LogP contribution in [0.2, 0.25) is 39.3 Å². The molecule has 0 saturated heterocycles. The average molecular weight is 915 g/mol. The molecule has 2 nitrogen and oxygen atoms in total. The second kappa shape index (κ2) is 16.5. The second-order valence-electron chi connectivity index (χ2n) is 18.4. The van der Waals surface area contributed by atoms with Gasteiger partial charge >= 0.3 is 0 Å². The summed E-state index contributed by atoms with van der Waals surface area (Å²) in [5, 5.41) is 6.43. The normalized spacial score (nSPS) is 14.2. The van der Waals surface area contributed by atoms with Crippen LogP contribution in [0.1, 0.15) is 13.7 Å². The van der Waals surface area contributed by atoms with Crippen molar-refractivity contribution in [1.29, 1.82) is 0 Å². The van der Waals surface area contributed by atoms with E-state index in [4.69, 9.17) is 13.7 Å². The average Bonchev–Trinajstić information content (AvgIpc) is 3.44. The fourth-order valence-corrected chi connectivity index (χ4v) is 11.1. The SMILES string of the molecule is [2H]c1c([2H])c([2H])c(-c2cc(F)c(N(c3ccc([Si](C)(C)C)cc3)c3ccc4ccc5c(N(c6ccc([Si](C)(C)C)cc6)c6cc(F)c(-c7c([2H])c([2H])c([2H])c([2H])c7[2H])cc6F)ccc6ccc3c4c65)cc2F)c([2H])c1[2H]. The Morgan fingerprint density at radius 1 is 0.379 bits per heavy atom. The molecule has 326 valence electrons. The number of halogens is 4. The number of rotatable bonds is 10. The summed E-state index contributed by atoms with van der Waals surface area (Å²) in [5.74, 6) is -3.92. The van der Waals surface area contributed by atoms with Crippen LogP contribution >= 0.6 is 0 Å². The van der Waals surface area contributed by atoms with Gasteiger partial charge in [0, 0.05) is 45.4 Å². The summed E-state index contributed by atoms with van der Waals surface area (Å²) >= 11 is 0. The highest BCUT2D eigenvalue weighted by Crippen LogP contribution is 2.49.